The smallest absolute Gasteiger partial charge is 0.254 e. The number of nitrogens with one attached hydrogen (secondary N) is 1. The van der Waals surface area contributed by atoms with Crippen LogP contribution in [0.5, 0.6) is 0 Å². The number of hydrogen-bond acceptors (Lipinski definition) is 5. The van der Waals surface area contributed by atoms with Crippen molar-refractivity contribution in [3.63, 3.8) is 0 Å². The van der Waals surface area contributed by atoms with Crippen molar-refractivity contribution in [2.24, 2.45) is 0 Å². The lowest BCUT2D eigenvalue weighted by atomic mass is 10.2. The van der Waals surface area contributed by atoms with E-state index in [4.69, 9.17) is 0 Å². The summed E-state index contributed by atoms with van der Waals surface area (Å²) < 4.78 is 0. The van der Waals surface area contributed by atoms with Gasteiger partial charge in [0.15, 0.2) is 0 Å². The molecule has 0 saturated carbocycles. The molecule has 1 N–H and O–H groups in total. The van der Waals surface area contributed by atoms with Gasteiger partial charge in [-0.05, 0) is 32.9 Å². The topological polar surface area (TPSA) is 61.4 Å². The first-order chi connectivity index (χ1) is 9.58. The van der Waals surface area contributed by atoms with E-state index in [0.717, 1.165) is 19.6 Å². The lowest BCUT2D eigenvalue weighted by Crippen LogP contribution is -2.34. The molecule has 6 nitrogen and oxygen atoms in total. The van der Waals surface area contributed by atoms with Gasteiger partial charge in [-0.15, -0.1) is 0 Å². The summed E-state index contributed by atoms with van der Waals surface area (Å²) in [5, 5.41) is 2.94. The summed E-state index contributed by atoms with van der Waals surface area (Å²) >= 11 is 0. The molecular weight excluding hydrogens is 254 g/mol. The number of rotatable bonds is 5. The van der Waals surface area contributed by atoms with Crippen molar-refractivity contribution in [3.05, 3.63) is 17.5 Å². The summed E-state index contributed by atoms with van der Waals surface area (Å²) in [5.41, 5.74) is 1.26. The standard InChI is InChI=1S/C14H23N5O/c1-11-12(10-16-14(17-11)18(2)3)13(20)15-6-9-19-7-4-5-8-19/h10H,4-9H2,1-3H3,(H,15,20). The second-order valence-electron chi connectivity index (χ2n) is 5.37. The van der Waals surface area contributed by atoms with Gasteiger partial charge in [0.25, 0.3) is 5.91 Å². The Labute approximate surface area is 120 Å². The van der Waals surface area contributed by atoms with Crippen molar-refractivity contribution in [1.29, 1.82) is 0 Å². The minimum Gasteiger partial charge on any atom is -0.351 e. The largest absolute Gasteiger partial charge is 0.351 e. The Morgan fingerprint density at radius 2 is 2.10 bits per heavy atom. The van der Waals surface area contributed by atoms with Crippen LogP contribution in [0.3, 0.4) is 0 Å². The van der Waals surface area contributed by atoms with Crippen LogP contribution in [0.15, 0.2) is 6.20 Å². The average Bonchev–Trinajstić information content (AvgIpc) is 2.91. The second-order valence-corrected chi connectivity index (χ2v) is 5.37. The van der Waals surface area contributed by atoms with Crippen LogP contribution in [0, 0.1) is 6.92 Å². The molecular formula is C14H23N5O. The monoisotopic (exact) mass is 277 g/mol. The van der Waals surface area contributed by atoms with E-state index in [9.17, 15) is 4.79 Å². The van der Waals surface area contributed by atoms with Gasteiger partial charge in [0.2, 0.25) is 5.95 Å². The molecule has 2 rings (SSSR count). The number of hydrogen-bond donors (Lipinski definition) is 1. The molecule has 0 spiro atoms. The molecule has 0 bridgehead atoms. The molecule has 0 aromatic carbocycles. The molecule has 0 unspecified atom stereocenters. The summed E-state index contributed by atoms with van der Waals surface area (Å²) in [4.78, 5) is 24.8. The molecule has 0 aliphatic carbocycles. The Kier molecular flexibility index (Phi) is 4.89. The Balaban J connectivity index is 1.88. The van der Waals surface area contributed by atoms with Crippen molar-refractivity contribution in [2.75, 3.05) is 45.2 Å². The Hall–Kier alpha value is -1.69. The van der Waals surface area contributed by atoms with Crippen molar-refractivity contribution in [2.45, 2.75) is 19.8 Å². The Bertz CT molecular complexity index is 469. The molecule has 0 atom stereocenters. The van der Waals surface area contributed by atoms with Crippen LogP contribution < -0.4 is 10.2 Å². The molecule has 1 fully saturated rings. The Morgan fingerprint density at radius 3 is 2.70 bits per heavy atom. The molecule has 1 aliphatic rings. The predicted molar refractivity (Wildman–Crippen MR) is 79.1 cm³/mol. The lowest BCUT2D eigenvalue weighted by molar-refractivity contribution is 0.0948. The fourth-order valence-electron chi connectivity index (χ4n) is 2.32. The minimum atomic E-state index is -0.0907. The first-order valence-corrected chi connectivity index (χ1v) is 7.09. The van der Waals surface area contributed by atoms with Gasteiger partial charge >= 0.3 is 0 Å². The Morgan fingerprint density at radius 1 is 1.40 bits per heavy atom. The van der Waals surface area contributed by atoms with Crippen LogP contribution in [-0.4, -0.2) is 61.0 Å². The van der Waals surface area contributed by atoms with Gasteiger partial charge in [0, 0.05) is 33.4 Å². The summed E-state index contributed by atoms with van der Waals surface area (Å²) in [6, 6.07) is 0. The highest BCUT2D eigenvalue weighted by atomic mass is 16.1. The van der Waals surface area contributed by atoms with Gasteiger partial charge in [0.1, 0.15) is 0 Å². The number of aryl methyl sites for hydroxylation is 1. The van der Waals surface area contributed by atoms with Crippen molar-refractivity contribution >= 4 is 11.9 Å². The van der Waals surface area contributed by atoms with Crippen LogP contribution >= 0.6 is 0 Å². The first kappa shape index (κ1) is 14.7. The normalized spacial score (nSPS) is 15.3. The molecule has 20 heavy (non-hydrogen) atoms. The molecule has 0 radical (unpaired) electrons. The summed E-state index contributed by atoms with van der Waals surface area (Å²) in [6.07, 6.45) is 4.14. The average molecular weight is 277 g/mol. The van der Waals surface area contributed by atoms with Gasteiger partial charge in [-0.25, -0.2) is 9.97 Å². The SMILES string of the molecule is Cc1nc(N(C)C)ncc1C(=O)NCCN1CCCC1. The number of anilines is 1. The maximum Gasteiger partial charge on any atom is 0.254 e. The summed E-state index contributed by atoms with van der Waals surface area (Å²) in [6.45, 7) is 5.73. The van der Waals surface area contributed by atoms with E-state index >= 15 is 0 Å². The number of aromatic nitrogens is 2. The van der Waals surface area contributed by atoms with Crippen LogP contribution in [0.4, 0.5) is 5.95 Å². The van der Waals surface area contributed by atoms with E-state index in [1.54, 1.807) is 6.20 Å². The van der Waals surface area contributed by atoms with E-state index < -0.39 is 0 Å². The number of nitrogens with zero attached hydrogens (tertiary/aromatic N) is 4. The summed E-state index contributed by atoms with van der Waals surface area (Å²) in [5.74, 6) is 0.531. The number of amides is 1. The molecule has 2 heterocycles. The van der Waals surface area contributed by atoms with E-state index in [2.05, 4.69) is 20.2 Å². The van der Waals surface area contributed by atoms with E-state index in [1.807, 2.05) is 25.9 Å². The highest BCUT2D eigenvalue weighted by molar-refractivity contribution is 5.94. The molecule has 6 heteroatoms. The molecule has 1 aromatic rings. The van der Waals surface area contributed by atoms with Crippen LogP contribution in [0.25, 0.3) is 0 Å². The number of carbonyl (C=O) groups excluding carboxylic acids is 1. The van der Waals surface area contributed by atoms with Gasteiger partial charge < -0.3 is 15.1 Å². The van der Waals surface area contributed by atoms with E-state index in [0.29, 0.717) is 23.8 Å². The fraction of sp³-hybridized carbons (Fsp3) is 0.643. The van der Waals surface area contributed by atoms with E-state index in [1.165, 1.54) is 12.8 Å². The maximum atomic E-state index is 12.1. The third kappa shape index (κ3) is 3.66. The third-order valence-corrected chi connectivity index (χ3v) is 3.52. The molecule has 110 valence electrons. The molecule has 1 aromatic heterocycles. The van der Waals surface area contributed by atoms with Gasteiger partial charge in [-0.3, -0.25) is 4.79 Å². The molecule has 1 saturated heterocycles. The zero-order valence-corrected chi connectivity index (χ0v) is 12.5. The van der Waals surface area contributed by atoms with Crippen molar-refractivity contribution in [3.8, 4) is 0 Å². The third-order valence-electron chi connectivity index (χ3n) is 3.52. The lowest BCUT2D eigenvalue weighted by Gasteiger charge is -2.15. The number of likely N-dealkylation sites (tertiary alicyclic amines) is 1. The van der Waals surface area contributed by atoms with Crippen molar-refractivity contribution < 1.29 is 4.79 Å². The van der Waals surface area contributed by atoms with E-state index in [-0.39, 0.29) is 5.91 Å². The zero-order chi connectivity index (χ0) is 14.5. The maximum absolute atomic E-state index is 12.1. The van der Waals surface area contributed by atoms with Crippen molar-refractivity contribution in [1.82, 2.24) is 20.2 Å². The number of carbonyl (C=O) groups is 1. The second kappa shape index (κ2) is 6.65. The van der Waals surface area contributed by atoms with Crippen LogP contribution in [0.1, 0.15) is 28.9 Å². The summed E-state index contributed by atoms with van der Waals surface area (Å²) in [7, 11) is 3.76. The first-order valence-electron chi connectivity index (χ1n) is 7.09. The van der Waals surface area contributed by atoms with Crippen LogP contribution in [0.2, 0.25) is 0 Å². The quantitative estimate of drug-likeness (QED) is 0.857. The fourth-order valence-corrected chi connectivity index (χ4v) is 2.32. The predicted octanol–water partition coefficient (Wildman–Crippen LogP) is 0.677. The highest BCUT2D eigenvalue weighted by Gasteiger charge is 2.14. The van der Waals surface area contributed by atoms with Gasteiger partial charge in [-0.2, -0.15) is 0 Å². The van der Waals surface area contributed by atoms with Gasteiger partial charge in [-0.1, -0.05) is 0 Å². The minimum absolute atomic E-state index is 0.0907. The van der Waals surface area contributed by atoms with Gasteiger partial charge in [0.05, 0.1) is 11.3 Å². The molecule has 1 aliphatic heterocycles. The molecule has 1 amide bonds. The zero-order valence-electron chi connectivity index (χ0n) is 12.5. The van der Waals surface area contributed by atoms with Crippen LogP contribution in [-0.2, 0) is 0 Å². The highest BCUT2D eigenvalue weighted by Crippen LogP contribution is 2.09.